The van der Waals surface area contributed by atoms with Crippen molar-refractivity contribution in [3.8, 4) is 33.9 Å². The molecule has 1 heterocycles. The Morgan fingerprint density at radius 2 is 1.20 bits per heavy atom. The number of hydrogen-bond acceptors (Lipinski definition) is 3. The van der Waals surface area contributed by atoms with Gasteiger partial charge in [-0.2, -0.15) is 0 Å². The molecule has 8 rings (SSSR count). The third-order valence-electron chi connectivity index (χ3n) is 8.89. The smallest absolute Gasteiger partial charge is 0.164 e. The lowest BCUT2D eigenvalue weighted by atomic mass is 9.67. The molecule has 0 spiro atoms. The quantitative estimate of drug-likeness (QED) is 0.209. The van der Waals surface area contributed by atoms with Gasteiger partial charge in [-0.3, -0.25) is 0 Å². The topological polar surface area (TPSA) is 38.7 Å². The highest BCUT2D eigenvalue weighted by molar-refractivity contribution is 5.94. The van der Waals surface area contributed by atoms with Crippen LogP contribution in [0.3, 0.4) is 0 Å². The Morgan fingerprint density at radius 3 is 1.89 bits per heavy atom. The molecule has 210 valence electrons. The average molecular weight is 566 g/mol. The molecule has 0 radical (unpaired) electrons. The summed E-state index contributed by atoms with van der Waals surface area (Å²) < 4.78 is 0. The molecule has 1 aromatic heterocycles. The summed E-state index contributed by atoms with van der Waals surface area (Å²) in [4.78, 5) is 15.3. The van der Waals surface area contributed by atoms with Gasteiger partial charge in [-0.05, 0) is 53.1 Å². The zero-order valence-electron chi connectivity index (χ0n) is 24.6. The average Bonchev–Trinajstić information content (AvgIpc) is 3.40. The highest BCUT2D eigenvalue weighted by atomic mass is 15.0. The molecular weight excluding hydrogens is 534 g/mol. The van der Waals surface area contributed by atoms with E-state index in [0.717, 1.165) is 29.5 Å². The van der Waals surface area contributed by atoms with Crippen molar-refractivity contribution in [2.75, 3.05) is 0 Å². The molecule has 2 aliphatic rings. The zero-order chi connectivity index (χ0) is 29.5. The SMILES string of the molecule is Cc1ccc2c(c1)C(c1ccccc1)(c1ccccc1)c1cccc(-c3nc(C4=CCCC=C4)nc(-c4ccccc4)n3)c1-2. The van der Waals surface area contributed by atoms with E-state index in [0.29, 0.717) is 17.5 Å². The van der Waals surface area contributed by atoms with Crippen LogP contribution in [0.25, 0.3) is 39.5 Å². The Labute approximate surface area is 258 Å². The van der Waals surface area contributed by atoms with Crippen LogP contribution in [0.1, 0.15) is 46.5 Å². The first-order valence-electron chi connectivity index (χ1n) is 15.3. The summed E-state index contributed by atoms with van der Waals surface area (Å²) in [7, 11) is 0. The largest absolute Gasteiger partial charge is 0.208 e. The summed E-state index contributed by atoms with van der Waals surface area (Å²) in [5, 5.41) is 0. The fraction of sp³-hybridized carbons (Fsp3) is 0.0976. The van der Waals surface area contributed by atoms with Crippen LogP contribution >= 0.6 is 0 Å². The number of hydrogen-bond donors (Lipinski definition) is 0. The van der Waals surface area contributed by atoms with Gasteiger partial charge in [0.2, 0.25) is 0 Å². The lowest BCUT2D eigenvalue weighted by molar-refractivity contribution is 0.767. The first kappa shape index (κ1) is 26.2. The molecule has 0 saturated heterocycles. The minimum atomic E-state index is -0.484. The summed E-state index contributed by atoms with van der Waals surface area (Å²) in [6.45, 7) is 2.18. The third-order valence-corrected chi connectivity index (χ3v) is 8.89. The molecule has 2 aliphatic carbocycles. The standard InChI is InChI=1S/C41H31N3/c1-28-25-26-33-36(27-28)41(31-19-10-4-11-20-31,32-21-12-5-13-22-32)35-24-14-23-34(37(33)35)40-43-38(29-15-6-2-7-16-29)42-39(44-40)30-17-8-3-9-18-30/h2,4-8,10-27H,3,9H2,1H3. The molecule has 44 heavy (non-hydrogen) atoms. The maximum atomic E-state index is 5.17. The fourth-order valence-corrected chi connectivity index (χ4v) is 6.96. The lowest BCUT2D eigenvalue weighted by Gasteiger charge is -2.34. The number of aromatic nitrogens is 3. The molecule has 3 heteroatoms. The monoisotopic (exact) mass is 565 g/mol. The van der Waals surface area contributed by atoms with Crippen molar-refractivity contribution < 1.29 is 0 Å². The number of rotatable bonds is 5. The molecule has 0 aliphatic heterocycles. The Balaban J connectivity index is 1.45. The van der Waals surface area contributed by atoms with Gasteiger partial charge < -0.3 is 0 Å². The van der Waals surface area contributed by atoms with Crippen LogP contribution < -0.4 is 0 Å². The van der Waals surface area contributed by atoms with Crippen molar-refractivity contribution in [2.24, 2.45) is 0 Å². The number of benzene rings is 5. The summed E-state index contributed by atoms with van der Waals surface area (Å²) in [6.07, 6.45) is 8.60. The Morgan fingerprint density at radius 1 is 0.545 bits per heavy atom. The maximum Gasteiger partial charge on any atom is 0.164 e. The second-order valence-electron chi connectivity index (χ2n) is 11.6. The first-order valence-corrected chi connectivity index (χ1v) is 15.3. The van der Waals surface area contributed by atoms with Crippen molar-refractivity contribution in [3.05, 3.63) is 179 Å². The highest BCUT2D eigenvalue weighted by Gasteiger charge is 2.47. The predicted octanol–water partition coefficient (Wildman–Crippen LogP) is 9.61. The van der Waals surface area contributed by atoms with Crippen LogP contribution in [-0.4, -0.2) is 15.0 Å². The Kier molecular flexibility index (Phi) is 6.38. The molecule has 0 bridgehead atoms. The number of allylic oxidation sites excluding steroid dienone is 4. The van der Waals surface area contributed by atoms with E-state index in [-0.39, 0.29) is 0 Å². The molecule has 0 atom stereocenters. The lowest BCUT2D eigenvalue weighted by Crippen LogP contribution is -2.28. The van der Waals surface area contributed by atoms with Crippen molar-refractivity contribution in [1.29, 1.82) is 0 Å². The van der Waals surface area contributed by atoms with E-state index < -0.39 is 5.41 Å². The minimum absolute atomic E-state index is 0.484. The van der Waals surface area contributed by atoms with Gasteiger partial charge in [0.25, 0.3) is 0 Å². The molecule has 3 nitrogen and oxygen atoms in total. The normalized spacial score (nSPS) is 14.5. The second kappa shape index (κ2) is 10.7. The number of nitrogens with zero attached hydrogens (tertiary/aromatic N) is 3. The molecule has 0 unspecified atom stereocenters. The van der Waals surface area contributed by atoms with Crippen molar-refractivity contribution in [3.63, 3.8) is 0 Å². The van der Waals surface area contributed by atoms with E-state index in [1.807, 2.05) is 18.2 Å². The van der Waals surface area contributed by atoms with Crippen LogP contribution in [-0.2, 0) is 5.41 Å². The van der Waals surface area contributed by atoms with E-state index >= 15 is 0 Å². The Hall–Kier alpha value is -5.41. The number of aryl methyl sites for hydroxylation is 1. The van der Waals surface area contributed by atoms with E-state index in [1.165, 1.54) is 38.9 Å². The second-order valence-corrected chi connectivity index (χ2v) is 11.6. The summed E-state index contributed by atoms with van der Waals surface area (Å²) in [5.41, 5.74) is 11.2. The minimum Gasteiger partial charge on any atom is -0.208 e. The van der Waals surface area contributed by atoms with Crippen LogP contribution in [0.5, 0.6) is 0 Å². The molecule has 0 fully saturated rings. The molecule has 6 aromatic rings. The van der Waals surface area contributed by atoms with E-state index in [9.17, 15) is 0 Å². The summed E-state index contributed by atoms with van der Waals surface area (Å²) >= 11 is 0. The summed E-state index contributed by atoms with van der Waals surface area (Å²) in [5.74, 6) is 2.08. The van der Waals surface area contributed by atoms with Gasteiger partial charge in [-0.1, -0.05) is 151 Å². The van der Waals surface area contributed by atoms with E-state index in [4.69, 9.17) is 15.0 Å². The van der Waals surface area contributed by atoms with Crippen LogP contribution in [0.4, 0.5) is 0 Å². The molecular formula is C41H31N3. The van der Waals surface area contributed by atoms with Crippen LogP contribution in [0, 0.1) is 6.92 Å². The van der Waals surface area contributed by atoms with Gasteiger partial charge in [0.05, 0.1) is 5.41 Å². The third kappa shape index (κ3) is 4.16. The predicted molar refractivity (Wildman–Crippen MR) is 179 cm³/mol. The van der Waals surface area contributed by atoms with Crippen molar-refractivity contribution in [1.82, 2.24) is 15.0 Å². The van der Waals surface area contributed by atoms with Crippen molar-refractivity contribution in [2.45, 2.75) is 25.2 Å². The summed E-state index contributed by atoms with van der Waals surface area (Å²) in [6, 6.07) is 45.5. The molecule has 5 aromatic carbocycles. The highest BCUT2D eigenvalue weighted by Crippen LogP contribution is 2.58. The van der Waals surface area contributed by atoms with E-state index in [1.54, 1.807) is 0 Å². The van der Waals surface area contributed by atoms with Gasteiger partial charge in [0.1, 0.15) is 0 Å². The molecule has 0 N–H and O–H groups in total. The Bertz CT molecular complexity index is 2020. The van der Waals surface area contributed by atoms with Crippen molar-refractivity contribution >= 4 is 5.57 Å². The molecule has 0 saturated carbocycles. The fourth-order valence-electron chi connectivity index (χ4n) is 6.96. The maximum absolute atomic E-state index is 5.17. The zero-order valence-corrected chi connectivity index (χ0v) is 24.6. The van der Waals surface area contributed by atoms with Gasteiger partial charge >= 0.3 is 0 Å². The first-order chi connectivity index (χ1) is 21.7. The van der Waals surface area contributed by atoms with Gasteiger partial charge in [0.15, 0.2) is 17.5 Å². The van der Waals surface area contributed by atoms with Gasteiger partial charge in [-0.15, -0.1) is 0 Å². The van der Waals surface area contributed by atoms with Gasteiger partial charge in [0, 0.05) is 16.7 Å². The molecule has 0 amide bonds. The number of fused-ring (bicyclic) bond motifs is 3. The van der Waals surface area contributed by atoms with Gasteiger partial charge in [-0.25, -0.2) is 15.0 Å². The van der Waals surface area contributed by atoms with Crippen LogP contribution in [0.15, 0.2) is 146 Å². The van der Waals surface area contributed by atoms with Crippen LogP contribution in [0.2, 0.25) is 0 Å². The van der Waals surface area contributed by atoms with E-state index in [2.05, 4.69) is 134 Å².